The number of aliphatic hydroxyl groups is 1. The summed E-state index contributed by atoms with van der Waals surface area (Å²) in [5.41, 5.74) is 0.259. The molecule has 1 nitrogen and oxygen atoms in total. The fraction of sp³-hybridized carbons (Fsp3) is 1.00. The summed E-state index contributed by atoms with van der Waals surface area (Å²) in [6.45, 7) is 9.21. The highest BCUT2D eigenvalue weighted by atomic mass is 16.3. The van der Waals surface area contributed by atoms with Gasteiger partial charge in [-0.15, -0.1) is 0 Å². The molecule has 2 bridgehead atoms. The summed E-state index contributed by atoms with van der Waals surface area (Å²) in [6, 6.07) is 0. The van der Waals surface area contributed by atoms with Crippen LogP contribution in [0.2, 0.25) is 0 Å². The molecule has 0 aliphatic heterocycles. The average molecular weight is 222 g/mol. The molecule has 3 fully saturated rings. The van der Waals surface area contributed by atoms with Crippen LogP contribution in [0.5, 0.6) is 0 Å². The molecule has 0 radical (unpaired) electrons. The molecule has 0 heterocycles. The molecule has 3 saturated carbocycles. The van der Waals surface area contributed by atoms with Crippen LogP contribution in [0.4, 0.5) is 0 Å². The zero-order chi connectivity index (χ0) is 11.8. The first-order chi connectivity index (χ1) is 7.32. The van der Waals surface area contributed by atoms with E-state index in [-0.39, 0.29) is 5.41 Å². The smallest absolute Gasteiger partial charge is 0.0701 e. The van der Waals surface area contributed by atoms with Crippen molar-refractivity contribution in [3.8, 4) is 0 Å². The van der Waals surface area contributed by atoms with Crippen LogP contribution in [-0.2, 0) is 0 Å². The molecule has 0 unspecified atom stereocenters. The van der Waals surface area contributed by atoms with Gasteiger partial charge >= 0.3 is 0 Å². The summed E-state index contributed by atoms with van der Waals surface area (Å²) in [7, 11) is 0. The van der Waals surface area contributed by atoms with Gasteiger partial charge in [0.2, 0.25) is 0 Å². The molecule has 0 aromatic heterocycles. The van der Waals surface area contributed by atoms with E-state index in [0.717, 1.165) is 11.8 Å². The molecule has 0 saturated heterocycles. The Labute approximate surface area is 99.6 Å². The number of rotatable bonds is 0. The molecule has 3 rings (SSSR count). The van der Waals surface area contributed by atoms with Crippen LogP contribution in [0.15, 0.2) is 0 Å². The SMILES string of the molecule is C[C@@H]1CC[C@@H]2C(C)(C)[C@@](C)(O)[C@@H]3CC[C@]12C3. The van der Waals surface area contributed by atoms with Gasteiger partial charge in [0.25, 0.3) is 0 Å². The van der Waals surface area contributed by atoms with E-state index < -0.39 is 5.60 Å². The molecule has 1 heteroatoms. The standard InChI is InChI=1S/C15H26O/c1-10-5-6-12-13(2,3)14(4,16)11-7-8-15(10,12)9-11/h10-12,16H,5-9H2,1-4H3/t10-,11-,12-,14+,15+/m1/s1. The van der Waals surface area contributed by atoms with E-state index >= 15 is 0 Å². The zero-order valence-electron chi connectivity index (χ0n) is 11.2. The maximum absolute atomic E-state index is 10.9. The summed E-state index contributed by atoms with van der Waals surface area (Å²) < 4.78 is 0. The summed E-state index contributed by atoms with van der Waals surface area (Å²) in [4.78, 5) is 0. The Balaban J connectivity index is 2.10. The van der Waals surface area contributed by atoms with E-state index in [1.54, 1.807) is 0 Å². The highest BCUT2D eigenvalue weighted by Gasteiger charge is 2.67. The fourth-order valence-electron chi connectivity index (χ4n) is 5.64. The predicted molar refractivity (Wildman–Crippen MR) is 66.1 cm³/mol. The second-order valence-corrected chi connectivity index (χ2v) is 7.57. The van der Waals surface area contributed by atoms with Crippen molar-refractivity contribution in [1.82, 2.24) is 0 Å². The maximum atomic E-state index is 10.9. The molecule has 3 aliphatic rings. The largest absolute Gasteiger partial charge is 0.389 e. The van der Waals surface area contributed by atoms with Crippen molar-refractivity contribution in [3.63, 3.8) is 0 Å². The van der Waals surface area contributed by atoms with E-state index in [4.69, 9.17) is 0 Å². The van der Waals surface area contributed by atoms with E-state index in [0.29, 0.717) is 11.3 Å². The van der Waals surface area contributed by atoms with Crippen molar-refractivity contribution in [1.29, 1.82) is 0 Å². The number of hydrogen-bond donors (Lipinski definition) is 1. The first-order valence-electron chi connectivity index (χ1n) is 7.05. The van der Waals surface area contributed by atoms with Gasteiger partial charge in [-0.1, -0.05) is 20.8 Å². The van der Waals surface area contributed by atoms with Gasteiger partial charge < -0.3 is 5.11 Å². The second-order valence-electron chi connectivity index (χ2n) is 7.57. The Morgan fingerprint density at radius 1 is 1.06 bits per heavy atom. The lowest BCUT2D eigenvalue weighted by molar-refractivity contribution is -0.171. The summed E-state index contributed by atoms with van der Waals surface area (Å²) in [5.74, 6) is 2.20. The van der Waals surface area contributed by atoms with Crippen LogP contribution in [0.1, 0.15) is 59.8 Å². The van der Waals surface area contributed by atoms with Gasteiger partial charge in [-0.2, -0.15) is 0 Å². The molecule has 1 N–H and O–H groups in total. The predicted octanol–water partition coefficient (Wildman–Crippen LogP) is 3.61. The first-order valence-corrected chi connectivity index (χ1v) is 7.05. The quantitative estimate of drug-likeness (QED) is 0.664. The van der Waals surface area contributed by atoms with E-state index in [1.165, 1.54) is 32.1 Å². The van der Waals surface area contributed by atoms with Crippen molar-refractivity contribution >= 4 is 0 Å². The molecule has 0 amide bonds. The Bertz CT molecular complexity index is 317. The summed E-state index contributed by atoms with van der Waals surface area (Å²) in [6.07, 6.45) is 6.67. The highest BCUT2D eigenvalue weighted by Crippen LogP contribution is 2.71. The van der Waals surface area contributed by atoms with Crippen LogP contribution in [0.25, 0.3) is 0 Å². The molecule has 16 heavy (non-hydrogen) atoms. The monoisotopic (exact) mass is 222 g/mol. The molecule has 0 aromatic rings. The van der Waals surface area contributed by atoms with Crippen molar-refractivity contribution in [2.45, 2.75) is 65.4 Å². The lowest BCUT2D eigenvalue weighted by atomic mass is 9.50. The molecular weight excluding hydrogens is 196 g/mol. The minimum atomic E-state index is -0.443. The Hall–Kier alpha value is -0.0400. The van der Waals surface area contributed by atoms with Crippen molar-refractivity contribution in [2.24, 2.45) is 28.6 Å². The van der Waals surface area contributed by atoms with Gasteiger partial charge in [-0.3, -0.25) is 0 Å². The minimum Gasteiger partial charge on any atom is -0.389 e. The van der Waals surface area contributed by atoms with E-state index in [2.05, 4.69) is 27.7 Å². The van der Waals surface area contributed by atoms with Crippen LogP contribution in [0.3, 0.4) is 0 Å². The van der Waals surface area contributed by atoms with Gasteiger partial charge in [0, 0.05) is 0 Å². The van der Waals surface area contributed by atoms with Crippen LogP contribution in [0, 0.1) is 28.6 Å². The van der Waals surface area contributed by atoms with Gasteiger partial charge in [-0.05, 0) is 67.6 Å². The zero-order valence-corrected chi connectivity index (χ0v) is 11.2. The normalized spacial score (nSPS) is 58.7. The Kier molecular flexibility index (Phi) is 1.98. The topological polar surface area (TPSA) is 20.2 Å². The second kappa shape index (κ2) is 2.85. The van der Waals surface area contributed by atoms with E-state index in [9.17, 15) is 5.11 Å². The average Bonchev–Trinajstić information content (AvgIpc) is 2.73. The Morgan fingerprint density at radius 3 is 2.44 bits per heavy atom. The van der Waals surface area contributed by atoms with Crippen LogP contribution in [-0.4, -0.2) is 10.7 Å². The third kappa shape index (κ3) is 0.978. The molecule has 3 aliphatic carbocycles. The molecule has 0 aromatic carbocycles. The van der Waals surface area contributed by atoms with Gasteiger partial charge in [-0.25, -0.2) is 0 Å². The Morgan fingerprint density at radius 2 is 1.75 bits per heavy atom. The minimum absolute atomic E-state index is 0.108. The lowest BCUT2D eigenvalue weighted by Gasteiger charge is -2.57. The van der Waals surface area contributed by atoms with Crippen LogP contribution >= 0.6 is 0 Å². The van der Waals surface area contributed by atoms with E-state index in [1.807, 2.05) is 0 Å². The fourth-order valence-corrected chi connectivity index (χ4v) is 5.64. The number of fused-ring (bicyclic) bond motifs is 1. The third-order valence-corrected chi connectivity index (χ3v) is 7.12. The third-order valence-electron chi connectivity index (χ3n) is 7.12. The van der Waals surface area contributed by atoms with Gasteiger partial charge in [0.1, 0.15) is 0 Å². The van der Waals surface area contributed by atoms with Gasteiger partial charge in [0.15, 0.2) is 0 Å². The lowest BCUT2D eigenvalue weighted by Crippen LogP contribution is -2.57. The molecule has 92 valence electrons. The molecular formula is C15H26O. The van der Waals surface area contributed by atoms with Crippen molar-refractivity contribution < 1.29 is 5.11 Å². The van der Waals surface area contributed by atoms with Crippen molar-refractivity contribution in [3.05, 3.63) is 0 Å². The van der Waals surface area contributed by atoms with Gasteiger partial charge in [0.05, 0.1) is 5.60 Å². The number of hydrogen-bond acceptors (Lipinski definition) is 1. The van der Waals surface area contributed by atoms with Crippen molar-refractivity contribution in [2.75, 3.05) is 0 Å². The molecule has 5 atom stereocenters. The summed E-state index contributed by atoms with van der Waals surface area (Å²) in [5, 5.41) is 10.9. The summed E-state index contributed by atoms with van der Waals surface area (Å²) >= 11 is 0. The molecule has 1 spiro atoms. The maximum Gasteiger partial charge on any atom is 0.0701 e. The van der Waals surface area contributed by atoms with Crippen LogP contribution < -0.4 is 0 Å². The highest BCUT2D eigenvalue weighted by molar-refractivity contribution is 5.17. The first kappa shape index (κ1) is 11.1.